The highest BCUT2D eigenvalue weighted by atomic mass is 79.9. The van der Waals surface area contributed by atoms with Crippen molar-refractivity contribution in [3.63, 3.8) is 0 Å². The van der Waals surface area contributed by atoms with Crippen molar-refractivity contribution in [1.29, 1.82) is 0 Å². The molecule has 1 aliphatic carbocycles. The first kappa shape index (κ1) is 17.1. The third-order valence-corrected chi connectivity index (χ3v) is 6.26. The number of aromatic nitrogens is 4. The smallest absolute Gasteiger partial charge is 0.220 e. The number of rotatable bonds is 3. The van der Waals surface area contributed by atoms with E-state index in [1.54, 1.807) is 0 Å². The van der Waals surface area contributed by atoms with Crippen molar-refractivity contribution in [3.8, 4) is 11.3 Å². The summed E-state index contributed by atoms with van der Waals surface area (Å²) in [7, 11) is 0. The van der Waals surface area contributed by atoms with Crippen molar-refractivity contribution >= 4 is 32.8 Å². The maximum absolute atomic E-state index is 14.4. The minimum absolute atomic E-state index is 0.0662. The molecule has 5 rings (SSSR count). The van der Waals surface area contributed by atoms with Crippen LogP contribution in [0.5, 0.6) is 0 Å². The molecule has 0 atom stereocenters. The second kappa shape index (κ2) is 6.53. The molecule has 27 heavy (non-hydrogen) atoms. The summed E-state index contributed by atoms with van der Waals surface area (Å²) in [6, 6.07) is 3.01. The van der Waals surface area contributed by atoms with Gasteiger partial charge in [0.2, 0.25) is 5.95 Å². The summed E-state index contributed by atoms with van der Waals surface area (Å²) < 4.78 is 17.4. The normalized spacial score (nSPS) is 19.0. The van der Waals surface area contributed by atoms with E-state index in [2.05, 4.69) is 40.3 Å². The Labute approximate surface area is 164 Å². The van der Waals surface area contributed by atoms with Crippen LogP contribution >= 0.6 is 15.9 Å². The van der Waals surface area contributed by atoms with E-state index in [-0.39, 0.29) is 11.6 Å². The van der Waals surface area contributed by atoms with Crippen molar-refractivity contribution in [3.05, 3.63) is 35.1 Å². The minimum Gasteiger partial charge on any atom is -0.368 e. The van der Waals surface area contributed by atoms with E-state index < -0.39 is 5.82 Å². The zero-order valence-electron chi connectivity index (χ0n) is 14.8. The zero-order valence-corrected chi connectivity index (χ0v) is 16.4. The molecule has 8 heteroatoms. The van der Waals surface area contributed by atoms with E-state index in [0.29, 0.717) is 10.6 Å². The topological polar surface area (TPSA) is 72.9 Å². The Morgan fingerprint density at radius 1 is 1.11 bits per heavy atom. The fourth-order valence-electron chi connectivity index (χ4n) is 4.41. The number of likely N-dealkylation sites (tertiary alicyclic amines) is 1. The molecule has 4 heterocycles. The van der Waals surface area contributed by atoms with E-state index in [1.807, 2.05) is 18.5 Å². The Balaban J connectivity index is 1.55. The third kappa shape index (κ3) is 2.91. The number of hydrogen-bond acceptors (Lipinski definition) is 5. The van der Waals surface area contributed by atoms with Crippen LogP contribution in [-0.2, 0) is 0 Å². The van der Waals surface area contributed by atoms with Gasteiger partial charge in [0.05, 0.1) is 24.0 Å². The maximum Gasteiger partial charge on any atom is 0.220 e. The number of pyridine rings is 1. The van der Waals surface area contributed by atoms with Crippen LogP contribution in [0.25, 0.3) is 22.2 Å². The predicted molar refractivity (Wildman–Crippen MR) is 106 cm³/mol. The fraction of sp³-hybridized carbons (Fsp3) is 0.421. The molecule has 0 bridgehead atoms. The average molecular weight is 431 g/mol. The van der Waals surface area contributed by atoms with Crippen LogP contribution in [0.1, 0.15) is 31.7 Å². The predicted octanol–water partition coefficient (Wildman–Crippen LogP) is 3.78. The molecule has 0 unspecified atom stereocenters. The molecule has 0 aromatic carbocycles. The lowest BCUT2D eigenvalue weighted by molar-refractivity contribution is 0.0638. The van der Waals surface area contributed by atoms with Crippen LogP contribution in [0.3, 0.4) is 0 Å². The summed E-state index contributed by atoms with van der Waals surface area (Å²) in [5, 5.41) is 0.910. The number of nitrogens with two attached hydrogens (primary N) is 1. The lowest BCUT2D eigenvalue weighted by Crippen LogP contribution is -2.51. The number of nitrogens with zero attached hydrogens (tertiary/aromatic N) is 5. The second-order valence-electron chi connectivity index (χ2n) is 7.44. The van der Waals surface area contributed by atoms with Gasteiger partial charge < -0.3 is 10.3 Å². The van der Waals surface area contributed by atoms with Crippen LogP contribution < -0.4 is 5.73 Å². The van der Waals surface area contributed by atoms with Crippen molar-refractivity contribution in [1.82, 2.24) is 24.4 Å². The van der Waals surface area contributed by atoms with Crippen molar-refractivity contribution < 1.29 is 4.39 Å². The largest absolute Gasteiger partial charge is 0.368 e. The van der Waals surface area contributed by atoms with Crippen molar-refractivity contribution in [2.45, 2.75) is 37.8 Å². The van der Waals surface area contributed by atoms with Crippen LogP contribution in [0.4, 0.5) is 10.3 Å². The van der Waals surface area contributed by atoms with E-state index in [1.165, 1.54) is 25.7 Å². The van der Waals surface area contributed by atoms with Gasteiger partial charge in [-0.25, -0.2) is 19.3 Å². The molecule has 3 aromatic heterocycles. The van der Waals surface area contributed by atoms with Crippen LogP contribution in [0.2, 0.25) is 0 Å². The monoisotopic (exact) mass is 430 g/mol. The highest BCUT2D eigenvalue weighted by Gasteiger charge is 2.35. The van der Waals surface area contributed by atoms with Gasteiger partial charge in [0, 0.05) is 36.3 Å². The summed E-state index contributed by atoms with van der Waals surface area (Å²) in [6.45, 7) is 2.05. The highest BCUT2D eigenvalue weighted by molar-refractivity contribution is 9.10. The third-order valence-electron chi connectivity index (χ3n) is 5.83. The molecule has 0 radical (unpaired) electrons. The summed E-state index contributed by atoms with van der Waals surface area (Å²) in [6.07, 6.45) is 10.3. The van der Waals surface area contributed by atoms with E-state index in [4.69, 9.17) is 5.73 Å². The molecule has 0 spiro atoms. The molecule has 2 N–H and O–H groups in total. The summed E-state index contributed by atoms with van der Waals surface area (Å²) >= 11 is 3.42. The van der Waals surface area contributed by atoms with Gasteiger partial charge in [-0.15, -0.1) is 0 Å². The molecular formula is C19H20BrFN6. The molecule has 2 aliphatic rings. The Hall–Kier alpha value is -2.06. The van der Waals surface area contributed by atoms with Gasteiger partial charge in [0.1, 0.15) is 10.3 Å². The molecule has 140 valence electrons. The van der Waals surface area contributed by atoms with Crippen LogP contribution in [-0.4, -0.2) is 43.6 Å². The lowest BCUT2D eigenvalue weighted by Gasteiger charge is -2.44. The summed E-state index contributed by atoms with van der Waals surface area (Å²) in [5.41, 5.74) is 7.65. The number of anilines is 1. The Bertz CT molecular complexity index is 1010. The van der Waals surface area contributed by atoms with Crippen molar-refractivity contribution in [2.75, 3.05) is 18.8 Å². The Morgan fingerprint density at radius 3 is 2.67 bits per heavy atom. The molecular weight excluding hydrogens is 411 g/mol. The first-order valence-corrected chi connectivity index (χ1v) is 10.1. The Kier molecular flexibility index (Phi) is 4.12. The van der Waals surface area contributed by atoms with Crippen LogP contribution in [0, 0.1) is 5.82 Å². The minimum atomic E-state index is -0.475. The first-order valence-electron chi connectivity index (χ1n) is 9.28. The van der Waals surface area contributed by atoms with Gasteiger partial charge in [-0.2, -0.15) is 0 Å². The number of hydrogen-bond donors (Lipinski definition) is 1. The highest BCUT2D eigenvalue weighted by Crippen LogP contribution is 2.38. The molecule has 3 aromatic rings. The lowest BCUT2D eigenvalue weighted by atomic mass is 10.0. The van der Waals surface area contributed by atoms with Gasteiger partial charge in [0.25, 0.3) is 0 Å². The van der Waals surface area contributed by atoms with Gasteiger partial charge in [-0.1, -0.05) is 12.8 Å². The zero-order chi connectivity index (χ0) is 18.5. The quantitative estimate of drug-likeness (QED) is 0.640. The molecule has 1 saturated heterocycles. The van der Waals surface area contributed by atoms with Gasteiger partial charge in [-0.3, -0.25) is 4.90 Å². The number of fused-ring (bicyclic) bond motifs is 1. The van der Waals surface area contributed by atoms with E-state index >= 15 is 0 Å². The summed E-state index contributed by atoms with van der Waals surface area (Å²) in [4.78, 5) is 14.8. The van der Waals surface area contributed by atoms with Crippen molar-refractivity contribution in [2.24, 2.45) is 0 Å². The average Bonchev–Trinajstić information content (AvgIpc) is 3.24. The summed E-state index contributed by atoms with van der Waals surface area (Å²) in [5.74, 6) is -0.408. The number of nitrogen functional groups attached to an aromatic ring is 1. The van der Waals surface area contributed by atoms with Gasteiger partial charge in [-0.05, 0) is 34.8 Å². The molecule has 1 saturated carbocycles. The molecule has 2 fully saturated rings. The van der Waals surface area contributed by atoms with E-state index in [9.17, 15) is 4.39 Å². The maximum atomic E-state index is 14.4. The second-order valence-corrected chi connectivity index (χ2v) is 8.26. The fourth-order valence-corrected chi connectivity index (χ4v) is 4.75. The van der Waals surface area contributed by atoms with Gasteiger partial charge >= 0.3 is 0 Å². The molecule has 6 nitrogen and oxygen atoms in total. The number of halogens is 2. The molecule has 1 aliphatic heterocycles. The SMILES string of the molecule is Nc1ncc(F)c(-c2cn(C3CN(C4CCCC4)C3)c3cnc(Br)cc23)n1. The Morgan fingerprint density at radius 2 is 1.89 bits per heavy atom. The molecule has 0 amide bonds. The van der Waals surface area contributed by atoms with Gasteiger partial charge in [0.15, 0.2) is 5.82 Å². The first-order chi connectivity index (χ1) is 13.1. The van der Waals surface area contributed by atoms with E-state index in [0.717, 1.165) is 41.8 Å². The van der Waals surface area contributed by atoms with Crippen LogP contribution in [0.15, 0.2) is 29.3 Å². The standard InChI is InChI=1S/C19H20BrFN6/c20-17-5-13-14(18-15(21)6-24-19(22)25-18)10-27(16(13)7-23-17)12-8-26(9-12)11-3-1-2-4-11/h5-7,10-12H,1-4,8-9H2,(H2,22,24,25).